The van der Waals surface area contributed by atoms with Gasteiger partial charge in [-0.2, -0.15) is 0 Å². The lowest BCUT2D eigenvalue weighted by atomic mass is 9.86. The number of carboxylic acid groups (broad SMARTS) is 1. The zero-order chi connectivity index (χ0) is 24.0. The highest BCUT2D eigenvalue weighted by Gasteiger charge is 2.30. The van der Waals surface area contributed by atoms with Crippen LogP contribution in [0.4, 0.5) is 4.79 Å². The molecule has 176 valence electrons. The van der Waals surface area contributed by atoms with Gasteiger partial charge in [-0.3, -0.25) is 9.59 Å². The van der Waals surface area contributed by atoms with Gasteiger partial charge in [-0.15, -0.1) is 0 Å². The summed E-state index contributed by atoms with van der Waals surface area (Å²) in [7, 11) is 0. The zero-order valence-corrected chi connectivity index (χ0v) is 19.4. The predicted octanol–water partition coefficient (Wildman–Crippen LogP) is 4.31. The lowest BCUT2D eigenvalue weighted by Crippen LogP contribution is -2.48. The molecule has 7 nitrogen and oxygen atoms in total. The minimum Gasteiger partial charge on any atom is -0.481 e. The second-order valence-electron chi connectivity index (χ2n) is 9.18. The summed E-state index contributed by atoms with van der Waals surface area (Å²) in [4.78, 5) is 36.3. The fraction of sp³-hybridized carbons (Fsp3) is 0.423. The van der Waals surface area contributed by atoms with E-state index in [0.29, 0.717) is 6.54 Å². The fourth-order valence-electron chi connectivity index (χ4n) is 3.99. The van der Waals surface area contributed by atoms with Crippen molar-refractivity contribution in [2.24, 2.45) is 5.41 Å². The third kappa shape index (κ3) is 6.12. The van der Waals surface area contributed by atoms with Gasteiger partial charge in [0.15, 0.2) is 0 Å². The molecule has 0 saturated heterocycles. The van der Waals surface area contributed by atoms with Crippen molar-refractivity contribution in [1.82, 2.24) is 10.6 Å². The molecule has 0 aromatic heterocycles. The van der Waals surface area contributed by atoms with Crippen LogP contribution in [0.25, 0.3) is 11.1 Å². The van der Waals surface area contributed by atoms with Crippen molar-refractivity contribution in [3.05, 3.63) is 59.7 Å². The summed E-state index contributed by atoms with van der Waals surface area (Å²) in [5.74, 6) is -1.83. The minimum atomic E-state index is -1.21. The molecule has 1 atom stereocenters. The van der Waals surface area contributed by atoms with E-state index in [9.17, 15) is 19.5 Å². The van der Waals surface area contributed by atoms with Crippen molar-refractivity contribution in [3.63, 3.8) is 0 Å². The van der Waals surface area contributed by atoms with E-state index in [4.69, 9.17) is 4.74 Å². The lowest BCUT2D eigenvalue weighted by molar-refractivity contribution is -0.139. The molecule has 7 heteroatoms. The van der Waals surface area contributed by atoms with E-state index in [2.05, 4.69) is 31.4 Å². The number of hydrogen-bond acceptors (Lipinski definition) is 4. The molecule has 0 spiro atoms. The first-order valence-corrected chi connectivity index (χ1v) is 11.3. The molecule has 0 fully saturated rings. The van der Waals surface area contributed by atoms with Crippen LogP contribution in [0, 0.1) is 5.41 Å². The maximum absolute atomic E-state index is 12.5. The van der Waals surface area contributed by atoms with E-state index in [1.807, 2.05) is 48.5 Å². The Labute approximate surface area is 194 Å². The molecule has 0 aliphatic heterocycles. The Bertz CT molecular complexity index is 972. The molecule has 3 rings (SSSR count). The maximum Gasteiger partial charge on any atom is 0.407 e. The van der Waals surface area contributed by atoms with Crippen LogP contribution in [0.2, 0.25) is 0 Å². The highest BCUT2D eigenvalue weighted by molar-refractivity contribution is 5.89. The number of fused-ring (bicyclic) bond motifs is 3. The Kier molecular flexibility index (Phi) is 7.74. The number of carbonyl (C=O) groups is 3. The van der Waals surface area contributed by atoms with Crippen LogP contribution >= 0.6 is 0 Å². The number of ether oxygens (including phenoxy) is 1. The summed E-state index contributed by atoms with van der Waals surface area (Å²) in [6.07, 6.45) is 0.374. The smallest absolute Gasteiger partial charge is 0.407 e. The molecule has 1 aliphatic carbocycles. The third-order valence-corrected chi connectivity index (χ3v) is 6.39. The maximum atomic E-state index is 12.5. The molecule has 33 heavy (non-hydrogen) atoms. The molecular weight excluding hydrogens is 420 g/mol. The Hall–Kier alpha value is -3.35. The molecule has 0 heterocycles. The topological polar surface area (TPSA) is 105 Å². The summed E-state index contributed by atoms with van der Waals surface area (Å²) < 4.78 is 5.46. The van der Waals surface area contributed by atoms with Gasteiger partial charge in [0.2, 0.25) is 5.91 Å². The van der Waals surface area contributed by atoms with Crippen molar-refractivity contribution < 1.29 is 24.2 Å². The zero-order valence-electron chi connectivity index (χ0n) is 19.4. The van der Waals surface area contributed by atoms with Crippen LogP contribution in [-0.2, 0) is 14.3 Å². The molecule has 2 aromatic rings. The molecule has 2 amide bonds. The quantitative estimate of drug-likeness (QED) is 0.498. The molecule has 0 bridgehead atoms. The van der Waals surface area contributed by atoms with Gasteiger partial charge in [0.25, 0.3) is 0 Å². The van der Waals surface area contributed by atoms with Crippen molar-refractivity contribution in [2.75, 3.05) is 13.2 Å². The Morgan fingerprint density at radius 1 is 1.03 bits per heavy atom. The minimum absolute atomic E-state index is 0.0653. The van der Waals surface area contributed by atoms with Gasteiger partial charge in [-0.1, -0.05) is 75.7 Å². The van der Waals surface area contributed by atoms with Crippen LogP contribution in [0.5, 0.6) is 0 Å². The standard InChI is InChI=1S/C26H32N2O5/c1-4-26(2,3)13-14-27-24(31)22(15-23(29)30)28-25(32)33-16-21-19-11-7-5-9-17(19)18-10-6-8-12-20(18)21/h5-12,21-22H,4,13-16H2,1-3H3,(H,27,31)(H,28,32)(H,29,30). The van der Waals surface area contributed by atoms with Crippen LogP contribution in [0.15, 0.2) is 48.5 Å². The summed E-state index contributed by atoms with van der Waals surface area (Å²) in [6, 6.07) is 14.8. The number of amides is 2. The van der Waals surface area contributed by atoms with E-state index >= 15 is 0 Å². The number of alkyl carbamates (subject to hydrolysis) is 1. The summed E-state index contributed by atoms with van der Waals surface area (Å²) in [6.45, 7) is 6.77. The van der Waals surface area contributed by atoms with E-state index in [-0.39, 0.29) is 17.9 Å². The van der Waals surface area contributed by atoms with Crippen LogP contribution in [0.1, 0.15) is 57.1 Å². The summed E-state index contributed by atoms with van der Waals surface area (Å²) in [5.41, 5.74) is 4.44. The molecule has 1 aliphatic rings. The number of aliphatic carboxylic acids is 1. The van der Waals surface area contributed by atoms with Gasteiger partial charge < -0.3 is 20.5 Å². The predicted molar refractivity (Wildman–Crippen MR) is 126 cm³/mol. The second kappa shape index (κ2) is 10.5. The highest BCUT2D eigenvalue weighted by atomic mass is 16.5. The summed E-state index contributed by atoms with van der Waals surface area (Å²) in [5, 5.41) is 14.3. The third-order valence-electron chi connectivity index (χ3n) is 6.39. The monoisotopic (exact) mass is 452 g/mol. The van der Waals surface area contributed by atoms with Crippen molar-refractivity contribution >= 4 is 18.0 Å². The average molecular weight is 453 g/mol. The van der Waals surface area contributed by atoms with Crippen LogP contribution in [-0.4, -0.2) is 42.3 Å². The first kappa shape index (κ1) is 24.3. The van der Waals surface area contributed by atoms with E-state index < -0.39 is 30.4 Å². The van der Waals surface area contributed by atoms with Crippen molar-refractivity contribution in [1.29, 1.82) is 0 Å². The van der Waals surface area contributed by atoms with Gasteiger partial charge in [0, 0.05) is 12.5 Å². The molecule has 0 radical (unpaired) electrons. The SMILES string of the molecule is CCC(C)(C)CCNC(=O)C(CC(=O)O)NC(=O)OCC1c2ccccc2-c2ccccc21. The van der Waals surface area contributed by atoms with Crippen LogP contribution < -0.4 is 10.6 Å². The highest BCUT2D eigenvalue weighted by Crippen LogP contribution is 2.44. The van der Waals surface area contributed by atoms with Gasteiger partial charge in [0.05, 0.1) is 6.42 Å². The normalized spacial score (nSPS) is 13.5. The van der Waals surface area contributed by atoms with E-state index in [0.717, 1.165) is 35.1 Å². The number of rotatable bonds is 10. The van der Waals surface area contributed by atoms with E-state index in [1.54, 1.807) is 0 Å². The molecule has 2 aromatic carbocycles. The first-order valence-electron chi connectivity index (χ1n) is 11.3. The van der Waals surface area contributed by atoms with Gasteiger partial charge >= 0.3 is 12.1 Å². The van der Waals surface area contributed by atoms with E-state index in [1.165, 1.54) is 0 Å². The van der Waals surface area contributed by atoms with Gasteiger partial charge in [-0.05, 0) is 34.1 Å². The van der Waals surface area contributed by atoms with Gasteiger partial charge in [0.1, 0.15) is 12.6 Å². The molecule has 3 N–H and O–H groups in total. The second-order valence-corrected chi connectivity index (χ2v) is 9.18. The molecule has 0 saturated carbocycles. The van der Waals surface area contributed by atoms with Crippen molar-refractivity contribution in [3.8, 4) is 11.1 Å². The van der Waals surface area contributed by atoms with Crippen LogP contribution in [0.3, 0.4) is 0 Å². The largest absolute Gasteiger partial charge is 0.481 e. The lowest BCUT2D eigenvalue weighted by Gasteiger charge is -2.23. The Morgan fingerprint density at radius 3 is 2.15 bits per heavy atom. The molecule has 1 unspecified atom stereocenters. The van der Waals surface area contributed by atoms with Gasteiger partial charge in [-0.25, -0.2) is 4.79 Å². The number of carboxylic acids is 1. The Morgan fingerprint density at radius 2 is 1.61 bits per heavy atom. The number of carbonyl (C=O) groups excluding carboxylic acids is 2. The van der Waals surface area contributed by atoms with Crippen molar-refractivity contribution in [2.45, 2.75) is 52.0 Å². The summed E-state index contributed by atoms with van der Waals surface area (Å²) >= 11 is 0. The fourth-order valence-corrected chi connectivity index (χ4v) is 3.99. The number of benzene rings is 2. The number of nitrogens with one attached hydrogen (secondary N) is 2. The molecular formula is C26H32N2O5. The Balaban J connectivity index is 1.60. The first-order chi connectivity index (χ1) is 15.7. The number of hydrogen-bond donors (Lipinski definition) is 3. The average Bonchev–Trinajstić information content (AvgIpc) is 3.10.